The minimum atomic E-state index is -1.07. The van der Waals surface area contributed by atoms with Crippen LogP contribution in [0, 0.1) is 19.8 Å². The van der Waals surface area contributed by atoms with E-state index in [2.05, 4.69) is 20.8 Å². The molecule has 32 heavy (non-hydrogen) atoms. The standard InChI is InChI=1S/C25H29NO6/c1-13-16-10-18-19(25(3,4)5)12-31-21(18)14(2)22(16)32-24(30)17(13)11-20(27)26-8-6-15(7-9-26)23(28)29/h10,12,15H,6-9,11H2,1-5H3,(H,28,29)/p-1. The van der Waals surface area contributed by atoms with Gasteiger partial charge in [-0.05, 0) is 43.7 Å². The van der Waals surface area contributed by atoms with Gasteiger partial charge in [-0.3, -0.25) is 4.79 Å². The maximum Gasteiger partial charge on any atom is 0.340 e. The predicted octanol–water partition coefficient (Wildman–Crippen LogP) is 2.98. The summed E-state index contributed by atoms with van der Waals surface area (Å²) in [6.07, 6.45) is 2.42. The number of aliphatic carboxylic acids is 1. The van der Waals surface area contributed by atoms with Gasteiger partial charge in [-0.2, -0.15) is 0 Å². The molecule has 0 bridgehead atoms. The molecule has 0 radical (unpaired) electrons. The van der Waals surface area contributed by atoms with Crippen molar-refractivity contribution < 1.29 is 23.5 Å². The highest BCUT2D eigenvalue weighted by atomic mass is 16.4. The molecule has 1 aliphatic heterocycles. The van der Waals surface area contributed by atoms with Crippen molar-refractivity contribution in [2.75, 3.05) is 13.1 Å². The molecule has 1 fully saturated rings. The summed E-state index contributed by atoms with van der Waals surface area (Å²) >= 11 is 0. The second kappa shape index (κ2) is 7.80. The third-order valence-electron chi connectivity index (χ3n) is 6.66. The minimum absolute atomic E-state index is 0.0747. The van der Waals surface area contributed by atoms with Crippen LogP contribution in [-0.2, 0) is 21.4 Å². The zero-order chi connectivity index (χ0) is 23.4. The number of furan rings is 1. The number of rotatable bonds is 3. The number of hydrogen-bond donors (Lipinski definition) is 0. The average Bonchev–Trinajstić information content (AvgIpc) is 3.17. The third-order valence-corrected chi connectivity index (χ3v) is 6.66. The van der Waals surface area contributed by atoms with Gasteiger partial charge in [0.05, 0.1) is 18.2 Å². The first-order valence-corrected chi connectivity index (χ1v) is 10.9. The topological polar surface area (TPSA) is 104 Å². The number of aryl methyl sites for hydroxylation is 2. The summed E-state index contributed by atoms with van der Waals surface area (Å²) < 4.78 is 11.5. The lowest BCUT2D eigenvalue weighted by molar-refractivity contribution is -0.312. The first kappa shape index (κ1) is 22.1. The van der Waals surface area contributed by atoms with E-state index in [1.807, 2.05) is 19.9 Å². The van der Waals surface area contributed by atoms with E-state index in [9.17, 15) is 19.5 Å². The van der Waals surface area contributed by atoms with Crippen LogP contribution in [-0.4, -0.2) is 29.9 Å². The normalized spacial score (nSPS) is 15.6. The first-order valence-electron chi connectivity index (χ1n) is 10.9. The summed E-state index contributed by atoms with van der Waals surface area (Å²) in [5.74, 6) is -1.80. The van der Waals surface area contributed by atoms with Gasteiger partial charge in [0.1, 0.15) is 11.2 Å². The summed E-state index contributed by atoms with van der Waals surface area (Å²) in [7, 11) is 0. The molecule has 7 nitrogen and oxygen atoms in total. The Morgan fingerprint density at radius 3 is 2.34 bits per heavy atom. The van der Waals surface area contributed by atoms with Crippen molar-refractivity contribution in [1.82, 2.24) is 4.90 Å². The van der Waals surface area contributed by atoms with Crippen LogP contribution in [0.5, 0.6) is 0 Å². The van der Waals surface area contributed by atoms with E-state index in [1.165, 1.54) is 0 Å². The summed E-state index contributed by atoms with van der Waals surface area (Å²) in [6.45, 7) is 10.7. The van der Waals surface area contributed by atoms with Crippen molar-refractivity contribution in [2.24, 2.45) is 5.92 Å². The van der Waals surface area contributed by atoms with Crippen LogP contribution < -0.4 is 10.7 Å². The lowest BCUT2D eigenvalue weighted by atomic mass is 9.86. The van der Waals surface area contributed by atoms with Gasteiger partial charge < -0.3 is 23.6 Å². The lowest BCUT2D eigenvalue weighted by Crippen LogP contribution is -2.44. The molecule has 0 saturated carbocycles. The number of piperidine rings is 1. The molecule has 3 heterocycles. The maximum absolute atomic E-state index is 12.9. The molecule has 3 aromatic rings. The van der Waals surface area contributed by atoms with E-state index in [4.69, 9.17) is 8.83 Å². The van der Waals surface area contributed by atoms with Gasteiger partial charge >= 0.3 is 5.63 Å². The number of fused-ring (bicyclic) bond motifs is 2. The molecule has 2 aromatic heterocycles. The van der Waals surface area contributed by atoms with Crippen LogP contribution in [0.2, 0.25) is 0 Å². The average molecular weight is 439 g/mol. The fourth-order valence-electron chi connectivity index (χ4n) is 4.61. The Labute approximate surface area is 186 Å². The molecule has 1 aliphatic rings. The number of nitrogens with zero attached hydrogens (tertiary/aromatic N) is 1. The van der Waals surface area contributed by atoms with Crippen LogP contribution in [0.25, 0.3) is 21.9 Å². The molecule has 0 atom stereocenters. The quantitative estimate of drug-likeness (QED) is 0.583. The van der Waals surface area contributed by atoms with Gasteiger partial charge in [-0.25, -0.2) is 4.79 Å². The first-order chi connectivity index (χ1) is 15.0. The van der Waals surface area contributed by atoms with Crippen LogP contribution in [0.1, 0.15) is 55.9 Å². The highest BCUT2D eigenvalue weighted by molar-refractivity contribution is 6.00. The fraction of sp³-hybridized carbons (Fsp3) is 0.480. The van der Waals surface area contributed by atoms with E-state index >= 15 is 0 Å². The maximum atomic E-state index is 12.9. The van der Waals surface area contributed by atoms with Crippen LogP contribution in [0.15, 0.2) is 26.0 Å². The predicted molar refractivity (Wildman–Crippen MR) is 118 cm³/mol. The third kappa shape index (κ3) is 3.70. The minimum Gasteiger partial charge on any atom is -0.550 e. The van der Waals surface area contributed by atoms with Gasteiger partial charge in [0.15, 0.2) is 0 Å². The summed E-state index contributed by atoms with van der Waals surface area (Å²) in [6, 6.07) is 1.99. The Morgan fingerprint density at radius 1 is 1.09 bits per heavy atom. The van der Waals surface area contributed by atoms with Crippen LogP contribution in [0.3, 0.4) is 0 Å². The largest absolute Gasteiger partial charge is 0.550 e. The molecular weight excluding hydrogens is 410 g/mol. The van der Waals surface area contributed by atoms with E-state index in [-0.39, 0.29) is 17.7 Å². The van der Waals surface area contributed by atoms with Gasteiger partial charge in [-0.1, -0.05) is 20.8 Å². The Bertz CT molecular complexity index is 1280. The molecule has 0 spiro atoms. The number of hydrogen-bond acceptors (Lipinski definition) is 6. The van der Waals surface area contributed by atoms with Crippen molar-refractivity contribution in [1.29, 1.82) is 0 Å². The highest BCUT2D eigenvalue weighted by Crippen LogP contribution is 2.37. The van der Waals surface area contributed by atoms with Crippen molar-refractivity contribution in [3.8, 4) is 0 Å². The highest BCUT2D eigenvalue weighted by Gasteiger charge is 2.27. The number of likely N-dealkylation sites (tertiary alicyclic amines) is 1. The number of carbonyl (C=O) groups excluding carboxylic acids is 2. The lowest BCUT2D eigenvalue weighted by Gasteiger charge is -2.32. The van der Waals surface area contributed by atoms with Crippen LogP contribution >= 0.6 is 0 Å². The summed E-state index contributed by atoms with van der Waals surface area (Å²) in [4.78, 5) is 38.4. The summed E-state index contributed by atoms with van der Waals surface area (Å²) in [5.41, 5.74) is 3.41. The second-order valence-corrected chi connectivity index (χ2v) is 9.80. The SMILES string of the molecule is Cc1c(CC(=O)N2CCC(C(=O)[O-])CC2)c(=O)oc2c(C)c3occ(C(C)(C)C)c3cc12. The van der Waals surface area contributed by atoms with Crippen molar-refractivity contribution in [3.05, 3.63) is 45.0 Å². The molecule has 170 valence electrons. The zero-order valence-electron chi connectivity index (χ0n) is 19.2. The Morgan fingerprint density at radius 2 is 1.75 bits per heavy atom. The van der Waals surface area contributed by atoms with Gasteiger partial charge in [0.2, 0.25) is 5.91 Å². The van der Waals surface area contributed by atoms with Crippen molar-refractivity contribution in [3.63, 3.8) is 0 Å². The molecule has 1 saturated heterocycles. The molecule has 0 N–H and O–H groups in total. The van der Waals surface area contributed by atoms with Gasteiger partial charge in [0.25, 0.3) is 0 Å². The van der Waals surface area contributed by atoms with E-state index < -0.39 is 17.5 Å². The molecule has 0 aliphatic carbocycles. The molecule has 1 amide bonds. The Hall–Kier alpha value is -3.09. The monoisotopic (exact) mass is 438 g/mol. The Kier molecular flexibility index (Phi) is 5.39. The zero-order valence-corrected chi connectivity index (χ0v) is 19.2. The molecule has 4 rings (SSSR count). The van der Waals surface area contributed by atoms with E-state index in [0.717, 1.165) is 27.5 Å². The van der Waals surface area contributed by atoms with Crippen molar-refractivity contribution >= 4 is 33.8 Å². The molecule has 0 unspecified atom stereocenters. The van der Waals surface area contributed by atoms with Gasteiger partial charge in [0, 0.05) is 46.9 Å². The number of carboxylic acid groups (broad SMARTS) is 1. The second-order valence-electron chi connectivity index (χ2n) is 9.80. The van der Waals surface area contributed by atoms with Crippen molar-refractivity contribution in [2.45, 2.75) is 59.3 Å². The molecule has 1 aromatic carbocycles. The van der Waals surface area contributed by atoms with Gasteiger partial charge in [-0.15, -0.1) is 0 Å². The molecule has 7 heteroatoms. The number of benzene rings is 1. The fourth-order valence-corrected chi connectivity index (χ4v) is 4.61. The Balaban J connectivity index is 1.73. The van der Waals surface area contributed by atoms with Crippen LogP contribution in [0.4, 0.5) is 0 Å². The smallest absolute Gasteiger partial charge is 0.340 e. The summed E-state index contributed by atoms with van der Waals surface area (Å²) in [5, 5.41) is 12.8. The number of amides is 1. The number of carbonyl (C=O) groups is 2. The van der Waals surface area contributed by atoms with E-state index in [1.54, 1.807) is 11.2 Å². The van der Waals surface area contributed by atoms with E-state index in [0.29, 0.717) is 42.7 Å². The number of carboxylic acids is 1. The molecular formula is C25H28NO6-.